The Morgan fingerprint density at radius 1 is 1.25 bits per heavy atom. The number of fused-ring (bicyclic) bond motifs is 2. The molecule has 0 aromatic rings. The fraction of sp³-hybridized carbons (Fsp3) is 0.556. The molecule has 0 amide bonds. The minimum absolute atomic E-state index is 0.147. The number of nitrogens with one attached hydrogen (secondary N) is 1. The van der Waals surface area contributed by atoms with E-state index in [1.165, 1.54) is 0 Å². The molecule has 0 spiro atoms. The molecule has 3 aliphatic carbocycles. The number of aldehydes is 1. The van der Waals surface area contributed by atoms with Crippen LogP contribution in [0.5, 0.6) is 0 Å². The highest BCUT2D eigenvalue weighted by Gasteiger charge is 2.65. The standard InChI is InChI=1S/C18H16N4O2/c19-8-17(9-20)5-13(7-23)16(22)18(17,10-21)6-15(24)14-4-11-1-2-12(14)3-11/h1-2,7,11-14,22H,3-6H2/t11-,12-,13?,14+,18-/m0/s1. The lowest BCUT2D eigenvalue weighted by Crippen LogP contribution is -2.42. The van der Waals surface area contributed by atoms with Gasteiger partial charge in [-0.15, -0.1) is 0 Å². The zero-order valence-electron chi connectivity index (χ0n) is 13.0. The van der Waals surface area contributed by atoms with Crippen LogP contribution < -0.4 is 0 Å². The summed E-state index contributed by atoms with van der Waals surface area (Å²) >= 11 is 0. The SMILES string of the molecule is N#CC1(C#N)CC(C=O)C(=N)[C@@]1(C#N)CC(=O)[C@@H]1C[C@H]2C=C[C@H]1C2. The number of hydrogen-bond donors (Lipinski definition) is 1. The molecule has 0 heterocycles. The number of allylic oxidation sites excluding steroid dienone is 2. The van der Waals surface area contributed by atoms with Gasteiger partial charge in [-0.3, -0.25) is 4.79 Å². The molecule has 3 rings (SSSR count). The summed E-state index contributed by atoms with van der Waals surface area (Å²) in [4.78, 5) is 24.1. The Balaban J connectivity index is 1.97. The molecule has 24 heavy (non-hydrogen) atoms. The first-order chi connectivity index (χ1) is 11.5. The Kier molecular flexibility index (Phi) is 3.61. The van der Waals surface area contributed by atoms with Crippen molar-refractivity contribution in [2.24, 2.45) is 34.5 Å². The molecule has 6 heteroatoms. The molecule has 3 aliphatic rings. The van der Waals surface area contributed by atoms with Crippen LogP contribution in [0.15, 0.2) is 12.2 Å². The predicted octanol–water partition coefficient (Wildman–Crippen LogP) is 1.94. The largest absolute Gasteiger partial charge is 0.307 e. The lowest BCUT2D eigenvalue weighted by molar-refractivity contribution is -0.125. The zero-order chi connectivity index (χ0) is 17.5. The number of carbonyl (C=O) groups excluding carboxylic acids is 2. The van der Waals surface area contributed by atoms with Crippen molar-refractivity contribution in [2.75, 3.05) is 0 Å². The van der Waals surface area contributed by atoms with Crippen molar-refractivity contribution < 1.29 is 9.59 Å². The second-order valence-electron chi connectivity index (χ2n) is 7.04. The van der Waals surface area contributed by atoms with Crippen molar-refractivity contribution in [1.29, 1.82) is 21.2 Å². The van der Waals surface area contributed by atoms with E-state index >= 15 is 0 Å². The Bertz CT molecular complexity index is 764. The number of rotatable bonds is 4. The average molecular weight is 320 g/mol. The number of nitriles is 3. The van der Waals surface area contributed by atoms with Gasteiger partial charge in [0.2, 0.25) is 0 Å². The summed E-state index contributed by atoms with van der Waals surface area (Å²) in [5.41, 5.74) is -3.92. The third kappa shape index (κ3) is 1.88. The van der Waals surface area contributed by atoms with Crippen LogP contribution >= 0.6 is 0 Å². The van der Waals surface area contributed by atoms with Crippen LogP contribution in [0.3, 0.4) is 0 Å². The van der Waals surface area contributed by atoms with Crippen molar-refractivity contribution in [3.8, 4) is 18.2 Å². The molecule has 1 unspecified atom stereocenters. The van der Waals surface area contributed by atoms with E-state index in [-0.39, 0.29) is 36.2 Å². The summed E-state index contributed by atoms with van der Waals surface area (Å²) in [6, 6.07) is 5.60. The van der Waals surface area contributed by atoms with Crippen LogP contribution in [0.1, 0.15) is 25.7 Å². The maximum Gasteiger partial charge on any atom is 0.169 e. The molecule has 2 bridgehead atoms. The molecule has 2 fully saturated rings. The summed E-state index contributed by atoms with van der Waals surface area (Å²) in [5, 5.41) is 37.0. The maximum absolute atomic E-state index is 12.8. The second-order valence-corrected chi connectivity index (χ2v) is 7.04. The van der Waals surface area contributed by atoms with E-state index in [1.807, 2.05) is 24.3 Å². The summed E-state index contributed by atoms with van der Waals surface area (Å²) in [6.07, 6.45) is 5.73. The van der Waals surface area contributed by atoms with Crippen molar-refractivity contribution in [3.63, 3.8) is 0 Å². The van der Waals surface area contributed by atoms with Crippen LogP contribution in [-0.2, 0) is 9.59 Å². The Morgan fingerprint density at radius 3 is 2.42 bits per heavy atom. The predicted molar refractivity (Wildman–Crippen MR) is 82.1 cm³/mol. The molecular formula is C18H16N4O2. The highest BCUT2D eigenvalue weighted by molar-refractivity contribution is 6.07. The minimum atomic E-state index is -1.83. The number of nitrogens with zero attached hydrogens (tertiary/aromatic N) is 3. The first kappa shape index (κ1) is 16.1. The smallest absolute Gasteiger partial charge is 0.169 e. The van der Waals surface area contributed by atoms with Gasteiger partial charge in [-0.2, -0.15) is 15.8 Å². The van der Waals surface area contributed by atoms with E-state index in [2.05, 4.69) is 6.08 Å². The van der Waals surface area contributed by atoms with Crippen molar-refractivity contribution >= 4 is 17.8 Å². The van der Waals surface area contributed by atoms with Crippen LogP contribution in [0.2, 0.25) is 0 Å². The lowest BCUT2D eigenvalue weighted by Gasteiger charge is -2.31. The first-order valence-corrected chi connectivity index (χ1v) is 7.96. The lowest BCUT2D eigenvalue weighted by atomic mass is 9.63. The van der Waals surface area contributed by atoms with Crippen molar-refractivity contribution in [1.82, 2.24) is 0 Å². The Morgan fingerprint density at radius 2 is 1.96 bits per heavy atom. The summed E-state index contributed by atoms with van der Waals surface area (Å²) in [6.45, 7) is 0. The fourth-order valence-electron chi connectivity index (χ4n) is 4.56. The summed E-state index contributed by atoms with van der Waals surface area (Å²) in [5.74, 6) is -0.835. The van der Waals surface area contributed by atoms with Gasteiger partial charge in [0.25, 0.3) is 0 Å². The van der Waals surface area contributed by atoms with Gasteiger partial charge in [0.05, 0.1) is 24.1 Å². The quantitative estimate of drug-likeness (QED) is 0.625. The molecule has 0 aromatic carbocycles. The second kappa shape index (κ2) is 5.39. The molecule has 6 nitrogen and oxygen atoms in total. The molecule has 0 radical (unpaired) electrons. The Hall–Kier alpha value is -2.78. The molecule has 1 N–H and O–H groups in total. The maximum atomic E-state index is 12.8. The molecule has 0 aliphatic heterocycles. The van der Waals surface area contributed by atoms with E-state index in [4.69, 9.17) is 5.41 Å². The van der Waals surface area contributed by atoms with E-state index < -0.39 is 16.7 Å². The van der Waals surface area contributed by atoms with Gasteiger partial charge >= 0.3 is 0 Å². The zero-order valence-corrected chi connectivity index (χ0v) is 13.0. The molecule has 2 saturated carbocycles. The average Bonchev–Trinajstić information content (AvgIpc) is 3.29. The first-order valence-electron chi connectivity index (χ1n) is 7.96. The Labute approximate surface area is 139 Å². The van der Waals surface area contributed by atoms with Gasteiger partial charge in [0, 0.05) is 18.1 Å². The number of ketones is 1. The fourth-order valence-corrected chi connectivity index (χ4v) is 4.56. The molecule has 0 saturated heterocycles. The van der Waals surface area contributed by atoms with E-state index in [1.54, 1.807) is 0 Å². The van der Waals surface area contributed by atoms with Crippen LogP contribution in [0.4, 0.5) is 0 Å². The monoisotopic (exact) mass is 320 g/mol. The van der Waals surface area contributed by atoms with E-state index in [9.17, 15) is 25.4 Å². The van der Waals surface area contributed by atoms with Crippen LogP contribution in [0.25, 0.3) is 0 Å². The topological polar surface area (TPSA) is 129 Å². The normalized spacial score (nSPS) is 38.3. The number of carbonyl (C=O) groups is 2. The van der Waals surface area contributed by atoms with Crippen LogP contribution in [0, 0.1) is 73.9 Å². The number of hydrogen-bond acceptors (Lipinski definition) is 6. The minimum Gasteiger partial charge on any atom is -0.307 e. The molecule has 0 aromatic heterocycles. The summed E-state index contributed by atoms with van der Waals surface area (Å²) < 4.78 is 0. The van der Waals surface area contributed by atoms with Crippen LogP contribution in [-0.4, -0.2) is 17.8 Å². The highest BCUT2D eigenvalue weighted by Crippen LogP contribution is 2.55. The summed E-state index contributed by atoms with van der Waals surface area (Å²) in [7, 11) is 0. The van der Waals surface area contributed by atoms with Crippen molar-refractivity contribution in [3.05, 3.63) is 12.2 Å². The highest BCUT2D eigenvalue weighted by atomic mass is 16.1. The van der Waals surface area contributed by atoms with Gasteiger partial charge in [-0.25, -0.2) is 0 Å². The van der Waals surface area contributed by atoms with Gasteiger partial charge in [0.15, 0.2) is 5.41 Å². The van der Waals surface area contributed by atoms with E-state index in [0.717, 1.165) is 12.8 Å². The van der Waals surface area contributed by atoms with E-state index in [0.29, 0.717) is 12.2 Å². The van der Waals surface area contributed by atoms with Gasteiger partial charge in [-0.05, 0) is 31.1 Å². The third-order valence-corrected chi connectivity index (χ3v) is 5.95. The molecule has 120 valence electrons. The third-order valence-electron chi connectivity index (χ3n) is 5.95. The van der Waals surface area contributed by atoms with Gasteiger partial charge < -0.3 is 10.2 Å². The molecule has 5 atom stereocenters. The molecular weight excluding hydrogens is 304 g/mol. The van der Waals surface area contributed by atoms with Crippen molar-refractivity contribution in [2.45, 2.75) is 25.7 Å². The van der Waals surface area contributed by atoms with Gasteiger partial charge in [0.1, 0.15) is 17.5 Å². The van der Waals surface area contributed by atoms with Gasteiger partial charge in [-0.1, -0.05) is 12.2 Å². The number of Topliss-reactive ketones (excluding diaryl/α,β-unsaturated/α-hetero) is 1.